The van der Waals surface area contributed by atoms with Gasteiger partial charge in [0.2, 0.25) is 11.8 Å². The molecule has 1 aliphatic heterocycles. The minimum atomic E-state index is -0.398. The van der Waals surface area contributed by atoms with Crippen molar-refractivity contribution in [3.8, 4) is 0 Å². The van der Waals surface area contributed by atoms with Crippen LogP contribution < -0.4 is 5.32 Å². The van der Waals surface area contributed by atoms with Crippen LogP contribution >= 0.6 is 11.3 Å². The zero-order valence-corrected chi connectivity index (χ0v) is 13.8. The Balaban J connectivity index is 1.66. The Morgan fingerprint density at radius 3 is 3.04 bits per heavy atom. The van der Waals surface area contributed by atoms with E-state index in [4.69, 9.17) is 0 Å². The van der Waals surface area contributed by atoms with Gasteiger partial charge in [-0.25, -0.2) is 4.98 Å². The summed E-state index contributed by atoms with van der Waals surface area (Å²) in [5.41, 5.74) is 1.03. The van der Waals surface area contributed by atoms with Crippen LogP contribution in [0.25, 0.3) is 0 Å². The number of nitrogens with zero attached hydrogens (tertiary/aromatic N) is 2. The maximum absolute atomic E-state index is 12.5. The third-order valence-corrected chi connectivity index (χ3v) is 4.82. The van der Waals surface area contributed by atoms with Gasteiger partial charge in [0, 0.05) is 17.6 Å². The van der Waals surface area contributed by atoms with Gasteiger partial charge in [0.1, 0.15) is 11.9 Å². The highest BCUT2D eigenvalue weighted by Crippen LogP contribution is 2.21. The third kappa shape index (κ3) is 3.76. The lowest BCUT2D eigenvalue weighted by Gasteiger charge is -2.23. The molecule has 5 nitrogen and oxygen atoms in total. The number of carbonyl (C=O) groups excluding carboxylic acids is 2. The predicted molar refractivity (Wildman–Crippen MR) is 90.4 cm³/mol. The minimum Gasteiger partial charge on any atom is -0.330 e. The van der Waals surface area contributed by atoms with Gasteiger partial charge in [-0.3, -0.25) is 9.59 Å². The lowest BCUT2D eigenvalue weighted by molar-refractivity contribution is -0.136. The number of aryl methyl sites for hydroxylation is 1. The third-order valence-electron chi connectivity index (χ3n) is 3.95. The monoisotopic (exact) mass is 329 g/mol. The molecule has 2 aromatic rings. The molecule has 120 valence electrons. The summed E-state index contributed by atoms with van der Waals surface area (Å²) in [7, 11) is 0. The molecular weight excluding hydrogens is 310 g/mol. The molecule has 2 aromatic heterocycles. The topological polar surface area (TPSA) is 62.3 Å². The summed E-state index contributed by atoms with van der Waals surface area (Å²) in [6, 6.07) is 7.19. The van der Waals surface area contributed by atoms with Crippen molar-refractivity contribution in [2.75, 3.05) is 11.9 Å². The Morgan fingerprint density at radius 1 is 1.43 bits per heavy atom. The van der Waals surface area contributed by atoms with Crippen LogP contribution in [0.2, 0.25) is 0 Å². The molecule has 2 amide bonds. The van der Waals surface area contributed by atoms with E-state index >= 15 is 0 Å². The summed E-state index contributed by atoms with van der Waals surface area (Å²) >= 11 is 1.57. The lowest BCUT2D eigenvalue weighted by Crippen LogP contribution is -2.43. The molecule has 0 saturated carbocycles. The van der Waals surface area contributed by atoms with E-state index in [9.17, 15) is 9.59 Å². The van der Waals surface area contributed by atoms with Gasteiger partial charge in [0.15, 0.2) is 0 Å². The van der Waals surface area contributed by atoms with E-state index in [-0.39, 0.29) is 11.8 Å². The first-order chi connectivity index (χ1) is 11.1. The van der Waals surface area contributed by atoms with Crippen LogP contribution in [-0.4, -0.2) is 34.3 Å². The first-order valence-electron chi connectivity index (χ1n) is 7.69. The van der Waals surface area contributed by atoms with Crippen molar-refractivity contribution in [1.29, 1.82) is 0 Å². The summed E-state index contributed by atoms with van der Waals surface area (Å²) in [4.78, 5) is 31.8. The zero-order chi connectivity index (χ0) is 16.2. The molecule has 1 N–H and O–H groups in total. The van der Waals surface area contributed by atoms with Crippen LogP contribution in [0.3, 0.4) is 0 Å². The average Bonchev–Trinajstić information content (AvgIpc) is 3.18. The number of amides is 2. The second kappa shape index (κ2) is 6.91. The number of nitrogens with one attached hydrogen (secondary N) is 1. The summed E-state index contributed by atoms with van der Waals surface area (Å²) in [6.45, 7) is 2.59. The van der Waals surface area contributed by atoms with Crippen molar-refractivity contribution in [3.05, 3.63) is 46.3 Å². The highest BCUT2D eigenvalue weighted by molar-refractivity contribution is 7.10. The molecule has 0 aromatic carbocycles. The molecule has 3 heterocycles. The number of carbonyl (C=O) groups is 2. The van der Waals surface area contributed by atoms with Crippen LogP contribution in [0.15, 0.2) is 35.8 Å². The van der Waals surface area contributed by atoms with Crippen molar-refractivity contribution >= 4 is 29.0 Å². The molecule has 0 radical (unpaired) electrons. The molecule has 0 bridgehead atoms. The Bertz CT molecular complexity index is 700. The Labute approximate surface area is 139 Å². The number of anilines is 1. The fourth-order valence-electron chi connectivity index (χ4n) is 2.82. The normalized spacial score (nSPS) is 17.3. The Hall–Kier alpha value is -2.21. The summed E-state index contributed by atoms with van der Waals surface area (Å²) in [6.07, 6.45) is 3.59. The smallest absolute Gasteiger partial charge is 0.248 e. The van der Waals surface area contributed by atoms with Crippen molar-refractivity contribution in [1.82, 2.24) is 9.88 Å². The van der Waals surface area contributed by atoms with Crippen molar-refractivity contribution in [2.24, 2.45) is 0 Å². The summed E-state index contributed by atoms with van der Waals surface area (Å²) < 4.78 is 0. The first kappa shape index (κ1) is 15.7. The van der Waals surface area contributed by atoms with E-state index in [1.165, 1.54) is 0 Å². The van der Waals surface area contributed by atoms with Gasteiger partial charge in [-0.2, -0.15) is 0 Å². The fourth-order valence-corrected chi connectivity index (χ4v) is 3.51. The number of rotatable bonds is 4. The van der Waals surface area contributed by atoms with E-state index in [0.717, 1.165) is 16.9 Å². The summed E-state index contributed by atoms with van der Waals surface area (Å²) in [5.74, 6) is 0.398. The largest absolute Gasteiger partial charge is 0.330 e. The van der Waals surface area contributed by atoms with Crippen molar-refractivity contribution in [3.63, 3.8) is 0 Å². The molecule has 23 heavy (non-hydrogen) atoms. The second-order valence-electron chi connectivity index (χ2n) is 5.71. The Kier molecular flexibility index (Phi) is 4.71. The van der Waals surface area contributed by atoms with Gasteiger partial charge < -0.3 is 10.2 Å². The average molecular weight is 329 g/mol. The molecule has 1 atom stereocenters. The molecule has 6 heteroatoms. The molecule has 0 spiro atoms. The van der Waals surface area contributed by atoms with Gasteiger partial charge in [0.25, 0.3) is 0 Å². The molecule has 1 fully saturated rings. The van der Waals surface area contributed by atoms with Crippen molar-refractivity contribution < 1.29 is 9.59 Å². The fraction of sp³-hybridized carbons (Fsp3) is 0.353. The minimum absolute atomic E-state index is 0.0160. The number of thiophene rings is 1. The van der Waals surface area contributed by atoms with Gasteiger partial charge in [0.05, 0.1) is 6.42 Å². The zero-order valence-electron chi connectivity index (χ0n) is 13.0. The number of likely N-dealkylation sites (tertiary alicyclic amines) is 1. The van der Waals surface area contributed by atoms with E-state index in [1.807, 2.05) is 36.6 Å². The highest BCUT2D eigenvalue weighted by atomic mass is 32.1. The van der Waals surface area contributed by atoms with E-state index in [0.29, 0.717) is 25.2 Å². The van der Waals surface area contributed by atoms with Crippen LogP contribution in [0, 0.1) is 6.92 Å². The number of aromatic nitrogens is 1. The number of pyridine rings is 1. The van der Waals surface area contributed by atoms with Gasteiger partial charge >= 0.3 is 0 Å². The van der Waals surface area contributed by atoms with Crippen LogP contribution in [-0.2, 0) is 16.0 Å². The first-order valence-corrected chi connectivity index (χ1v) is 8.57. The molecule has 0 aliphatic carbocycles. The molecule has 1 saturated heterocycles. The van der Waals surface area contributed by atoms with Crippen molar-refractivity contribution in [2.45, 2.75) is 32.2 Å². The highest BCUT2D eigenvalue weighted by Gasteiger charge is 2.34. The van der Waals surface area contributed by atoms with Crippen LogP contribution in [0.5, 0.6) is 0 Å². The number of hydrogen-bond donors (Lipinski definition) is 1. The number of hydrogen-bond acceptors (Lipinski definition) is 4. The molecule has 3 rings (SSSR count). The maximum atomic E-state index is 12.5. The molecule has 1 aliphatic rings. The molecular formula is C17H19N3O2S. The van der Waals surface area contributed by atoms with E-state index in [1.54, 1.807) is 22.4 Å². The van der Waals surface area contributed by atoms with Gasteiger partial charge in [-0.1, -0.05) is 6.07 Å². The van der Waals surface area contributed by atoms with Gasteiger partial charge in [-0.05, 0) is 48.9 Å². The van der Waals surface area contributed by atoms with Crippen LogP contribution in [0.1, 0.15) is 23.3 Å². The predicted octanol–water partition coefficient (Wildman–Crippen LogP) is 2.62. The second-order valence-corrected chi connectivity index (χ2v) is 6.74. The Morgan fingerprint density at radius 2 is 2.30 bits per heavy atom. The maximum Gasteiger partial charge on any atom is 0.248 e. The summed E-state index contributed by atoms with van der Waals surface area (Å²) in [5, 5.41) is 4.79. The molecule has 1 unspecified atom stereocenters. The standard InChI is InChI=1S/C17H19N3O2S/c1-12-6-7-18-15(10-12)19-17(22)14-5-2-8-20(14)16(21)11-13-4-3-9-23-13/h3-4,6-7,9-10,14H,2,5,8,11H2,1H3,(H,18,19,22). The SMILES string of the molecule is Cc1ccnc(NC(=O)C2CCCN2C(=O)Cc2cccs2)c1. The lowest BCUT2D eigenvalue weighted by atomic mass is 10.2. The quantitative estimate of drug-likeness (QED) is 0.938. The van der Waals surface area contributed by atoms with Crippen LogP contribution in [0.4, 0.5) is 5.82 Å². The van der Waals surface area contributed by atoms with E-state index < -0.39 is 6.04 Å². The van der Waals surface area contributed by atoms with E-state index in [2.05, 4.69) is 10.3 Å². The van der Waals surface area contributed by atoms with Gasteiger partial charge in [-0.15, -0.1) is 11.3 Å².